The summed E-state index contributed by atoms with van der Waals surface area (Å²) in [5.41, 5.74) is 9.02. The van der Waals surface area contributed by atoms with Crippen LogP contribution in [0, 0.1) is 6.92 Å². The van der Waals surface area contributed by atoms with Gasteiger partial charge in [-0.05, 0) is 31.5 Å². The fourth-order valence-corrected chi connectivity index (χ4v) is 2.78. The molecule has 2 aromatic rings. The Morgan fingerprint density at radius 2 is 2.14 bits per heavy atom. The summed E-state index contributed by atoms with van der Waals surface area (Å²) in [5, 5.41) is 0. The Labute approximate surface area is 123 Å². The summed E-state index contributed by atoms with van der Waals surface area (Å²) >= 11 is 0. The molecule has 1 amide bonds. The highest BCUT2D eigenvalue weighted by molar-refractivity contribution is 6.06. The van der Waals surface area contributed by atoms with E-state index in [0.29, 0.717) is 24.7 Å². The van der Waals surface area contributed by atoms with E-state index < -0.39 is 0 Å². The SMILES string of the molecule is Cc1cnc(C(=O)N2CC(CCN)c3ccccc32)cn1. The third kappa shape index (κ3) is 2.52. The number of hydrogen-bond acceptors (Lipinski definition) is 4. The van der Waals surface area contributed by atoms with Gasteiger partial charge in [0.25, 0.3) is 5.91 Å². The number of anilines is 1. The van der Waals surface area contributed by atoms with Crippen molar-refractivity contribution in [2.45, 2.75) is 19.3 Å². The van der Waals surface area contributed by atoms with Crippen LogP contribution < -0.4 is 10.6 Å². The fraction of sp³-hybridized carbons (Fsp3) is 0.312. The molecule has 0 fully saturated rings. The first-order valence-corrected chi connectivity index (χ1v) is 7.10. The van der Waals surface area contributed by atoms with E-state index in [1.54, 1.807) is 11.1 Å². The van der Waals surface area contributed by atoms with Crippen LogP contribution in [0.2, 0.25) is 0 Å². The topological polar surface area (TPSA) is 72.1 Å². The number of nitrogens with zero attached hydrogens (tertiary/aromatic N) is 3. The van der Waals surface area contributed by atoms with Gasteiger partial charge in [0.05, 0.1) is 11.9 Å². The lowest BCUT2D eigenvalue weighted by atomic mass is 9.98. The second-order valence-electron chi connectivity index (χ2n) is 5.29. The monoisotopic (exact) mass is 282 g/mol. The van der Waals surface area contributed by atoms with Crippen molar-refractivity contribution in [2.24, 2.45) is 5.73 Å². The molecule has 5 nitrogen and oxygen atoms in total. The van der Waals surface area contributed by atoms with E-state index in [4.69, 9.17) is 5.73 Å². The van der Waals surface area contributed by atoms with Crippen molar-refractivity contribution in [2.75, 3.05) is 18.0 Å². The van der Waals surface area contributed by atoms with Crippen molar-refractivity contribution < 1.29 is 4.79 Å². The predicted molar refractivity (Wildman–Crippen MR) is 81.3 cm³/mol. The number of nitrogens with two attached hydrogens (primary N) is 1. The van der Waals surface area contributed by atoms with Gasteiger partial charge in [-0.15, -0.1) is 0 Å². The molecule has 1 unspecified atom stereocenters. The first-order valence-electron chi connectivity index (χ1n) is 7.10. The van der Waals surface area contributed by atoms with Crippen molar-refractivity contribution >= 4 is 11.6 Å². The number of carbonyl (C=O) groups excluding carboxylic acids is 1. The third-order valence-corrected chi connectivity index (χ3v) is 3.83. The van der Waals surface area contributed by atoms with Crippen LogP contribution in [-0.4, -0.2) is 29.0 Å². The van der Waals surface area contributed by atoms with E-state index in [1.807, 2.05) is 25.1 Å². The largest absolute Gasteiger partial charge is 0.330 e. The Morgan fingerprint density at radius 1 is 1.33 bits per heavy atom. The zero-order valence-electron chi connectivity index (χ0n) is 12.0. The predicted octanol–water partition coefficient (Wildman–Crippen LogP) is 1.88. The summed E-state index contributed by atoms with van der Waals surface area (Å²) in [7, 11) is 0. The van der Waals surface area contributed by atoms with Crippen molar-refractivity contribution in [1.82, 2.24) is 9.97 Å². The first kappa shape index (κ1) is 13.7. The van der Waals surface area contributed by atoms with Crippen molar-refractivity contribution in [3.63, 3.8) is 0 Å². The van der Waals surface area contributed by atoms with E-state index in [2.05, 4.69) is 16.0 Å². The van der Waals surface area contributed by atoms with E-state index in [1.165, 1.54) is 11.8 Å². The number of carbonyl (C=O) groups is 1. The van der Waals surface area contributed by atoms with Gasteiger partial charge in [-0.25, -0.2) is 4.98 Å². The van der Waals surface area contributed by atoms with Gasteiger partial charge in [0.2, 0.25) is 0 Å². The maximum atomic E-state index is 12.7. The van der Waals surface area contributed by atoms with Crippen LogP contribution in [0.25, 0.3) is 0 Å². The molecule has 2 heterocycles. The Balaban J connectivity index is 1.92. The van der Waals surface area contributed by atoms with Crippen LogP contribution in [-0.2, 0) is 0 Å². The summed E-state index contributed by atoms with van der Waals surface area (Å²) in [6.07, 6.45) is 4.03. The molecule has 21 heavy (non-hydrogen) atoms. The van der Waals surface area contributed by atoms with E-state index in [-0.39, 0.29) is 5.91 Å². The van der Waals surface area contributed by atoms with Gasteiger partial charge in [0.1, 0.15) is 5.69 Å². The Bertz CT molecular complexity index is 654. The first-order chi connectivity index (χ1) is 10.2. The molecule has 5 heteroatoms. The molecule has 1 atom stereocenters. The summed E-state index contributed by atoms with van der Waals surface area (Å²) in [6, 6.07) is 8.00. The molecular weight excluding hydrogens is 264 g/mol. The minimum absolute atomic E-state index is 0.102. The molecule has 0 spiro atoms. The lowest BCUT2D eigenvalue weighted by Gasteiger charge is -2.17. The van der Waals surface area contributed by atoms with Crippen LogP contribution in [0.3, 0.4) is 0 Å². The number of aromatic nitrogens is 2. The number of amides is 1. The number of benzene rings is 1. The second kappa shape index (κ2) is 5.61. The van der Waals surface area contributed by atoms with Gasteiger partial charge in [-0.1, -0.05) is 18.2 Å². The van der Waals surface area contributed by atoms with Gasteiger partial charge in [0.15, 0.2) is 0 Å². The molecule has 0 saturated carbocycles. The minimum Gasteiger partial charge on any atom is -0.330 e. The Kier molecular flexibility index (Phi) is 3.66. The van der Waals surface area contributed by atoms with Crippen molar-refractivity contribution in [3.05, 3.63) is 53.6 Å². The van der Waals surface area contributed by atoms with Gasteiger partial charge in [-0.3, -0.25) is 9.78 Å². The smallest absolute Gasteiger partial charge is 0.278 e. The number of aryl methyl sites for hydroxylation is 1. The maximum absolute atomic E-state index is 12.7. The molecule has 0 bridgehead atoms. The zero-order valence-corrected chi connectivity index (χ0v) is 12.0. The van der Waals surface area contributed by atoms with Gasteiger partial charge in [-0.2, -0.15) is 0 Å². The van der Waals surface area contributed by atoms with E-state index >= 15 is 0 Å². The number of hydrogen-bond donors (Lipinski definition) is 1. The lowest BCUT2D eigenvalue weighted by Crippen LogP contribution is -2.31. The van der Waals surface area contributed by atoms with Gasteiger partial charge in [0, 0.05) is 24.3 Å². The molecule has 0 aliphatic carbocycles. The maximum Gasteiger partial charge on any atom is 0.278 e. The molecule has 3 rings (SSSR count). The molecular formula is C16H18N4O. The van der Waals surface area contributed by atoms with E-state index in [0.717, 1.165) is 17.8 Å². The highest BCUT2D eigenvalue weighted by Gasteiger charge is 2.32. The molecule has 108 valence electrons. The molecule has 1 aliphatic heterocycles. The van der Waals surface area contributed by atoms with E-state index in [9.17, 15) is 4.79 Å². The van der Waals surface area contributed by atoms with Crippen LogP contribution in [0.4, 0.5) is 5.69 Å². The highest BCUT2D eigenvalue weighted by atomic mass is 16.2. The lowest BCUT2D eigenvalue weighted by molar-refractivity contribution is 0.0983. The summed E-state index contributed by atoms with van der Waals surface area (Å²) < 4.78 is 0. The zero-order chi connectivity index (χ0) is 14.8. The number of rotatable bonds is 3. The van der Waals surface area contributed by atoms with Gasteiger partial charge < -0.3 is 10.6 Å². The van der Waals surface area contributed by atoms with Crippen LogP contribution >= 0.6 is 0 Å². The average molecular weight is 282 g/mol. The Hall–Kier alpha value is -2.27. The molecule has 1 aromatic heterocycles. The molecule has 2 N–H and O–H groups in total. The molecule has 1 aromatic carbocycles. The molecule has 1 aliphatic rings. The number of para-hydroxylation sites is 1. The van der Waals surface area contributed by atoms with Crippen molar-refractivity contribution in [1.29, 1.82) is 0 Å². The quantitative estimate of drug-likeness (QED) is 0.933. The van der Waals surface area contributed by atoms with Crippen molar-refractivity contribution in [3.8, 4) is 0 Å². The van der Waals surface area contributed by atoms with Gasteiger partial charge >= 0.3 is 0 Å². The molecule has 0 radical (unpaired) electrons. The molecule has 0 saturated heterocycles. The van der Waals surface area contributed by atoms with Crippen LogP contribution in [0.1, 0.15) is 34.1 Å². The Morgan fingerprint density at radius 3 is 2.86 bits per heavy atom. The normalized spacial score (nSPS) is 16.9. The summed E-state index contributed by atoms with van der Waals surface area (Å²) in [6.45, 7) is 3.12. The third-order valence-electron chi connectivity index (χ3n) is 3.83. The number of fused-ring (bicyclic) bond motifs is 1. The highest BCUT2D eigenvalue weighted by Crippen LogP contribution is 2.38. The summed E-state index contributed by atoms with van der Waals surface area (Å²) in [4.78, 5) is 22.8. The van der Waals surface area contributed by atoms with Crippen LogP contribution in [0.15, 0.2) is 36.7 Å². The summed E-state index contributed by atoms with van der Waals surface area (Å²) in [5.74, 6) is 0.197. The minimum atomic E-state index is -0.102. The second-order valence-corrected chi connectivity index (χ2v) is 5.29. The standard InChI is InChI=1S/C16H18N4O/c1-11-8-19-14(9-18-11)16(21)20-10-12(6-7-17)13-4-2-3-5-15(13)20/h2-5,8-9,12H,6-7,10,17H2,1H3. The fourth-order valence-electron chi connectivity index (χ4n) is 2.78. The van der Waals surface area contributed by atoms with Crippen LogP contribution in [0.5, 0.6) is 0 Å². The average Bonchev–Trinajstić information content (AvgIpc) is 2.87.